The van der Waals surface area contributed by atoms with Gasteiger partial charge in [-0.3, -0.25) is 9.69 Å². The second kappa shape index (κ2) is 6.02. The molecule has 2 bridgehead atoms. The van der Waals surface area contributed by atoms with Crippen LogP contribution < -0.4 is 10.6 Å². The molecule has 2 saturated heterocycles. The van der Waals surface area contributed by atoms with Crippen molar-refractivity contribution < 1.29 is 4.79 Å². The minimum atomic E-state index is -0.155. The number of nitrogens with zero attached hydrogens (tertiary/aromatic N) is 1. The molecule has 2 fully saturated rings. The van der Waals surface area contributed by atoms with Crippen LogP contribution >= 0.6 is 0 Å². The lowest BCUT2D eigenvalue weighted by atomic mass is 9.96. The molecule has 0 saturated carbocycles. The Morgan fingerprint density at radius 3 is 2.30 bits per heavy atom. The summed E-state index contributed by atoms with van der Waals surface area (Å²) in [4.78, 5) is 14.8. The summed E-state index contributed by atoms with van der Waals surface area (Å²) in [5.74, 6) is 0.158. The Bertz CT molecular complexity index is 338. The van der Waals surface area contributed by atoms with Crippen LogP contribution in [0.15, 0.2) is 0 Å². The van der Waals surface area contributed by atoms with E-state index in [-0.39, 0.29) is 17.5 Å². The second-order valence-corrected chi connectivity index (χ2v) is 7.51. The van der Waals surface area contributed by atoms with Gasteiger partial charge in [0.25, 0.3) is 0 Å². The number of carbonyl (C=O) groups is 1. The van der Waals surface area contributed by atoms with Crippen molar-refractivity contribution in [3.05, 3.63) is 0 Å². The van der Waals surface area contributed by atoms with Crippen molar-refractivity contribution in [3.63, 3.8) is 0 Å². The molecule has 3 atom stereocenters. The second-order valence-electron chi connectivity index (χ2n) is 7.51. The SMILES string of the molecule is CCN(C1CC2CCC(C1)N2)C(C)C(=O)NC(C)(C)C. The Labute approximate surface area is 123 Å². The van der Waals surface area contributed by atoms with E-state index >= 15 is 0 Å². The largest absolute Gasteiger partial charge is 0.350 e. The van der Waals surface area contributed by atoms with Crippen LogP contribution in [0.2, 0.25) is 0 Å². The van der Waals surface area contributed by atoms with Crippen molar-refractivity contribution in [2.45, 2.75) is 90.0 Å². The highest BCUT2D eigenvalue weighted by molar-refractivity contribution is 5.82. The zero-order chi connectivity index (χ0) is 14.9. The van der Waals surface area contributed by atoms with Gasteiger partial charge in [-0.15, -0.1) is 0 Å². The molecule has 0 aromatic heterocycles. The van der Waals surface area contributed by atoms with E-state index < -0.39 is 0 Å². The fourth-order valence-electron chi connectivity index (χ4n) is 3.77. The Kier molecular flexibility index (Phi) is 4.75. The Morgan fingerprint density at radius 1 is 1.30 bits per heavy atom. The summed E-state index contributed by atoms with van der Waals surface area (Å²) in [5, 5.41) is 6.79. The number of likely N-dealkylation sites (N-methyl/N-ethyl adjacent to an activating group) is 1. The molecule has 20 heavy (non-hydrogen) atoms. The van der Waals surface area contributed by atoms with Crippen LogP contribution in [0.5, 0.6) is 0 Å². The molecule has 0 aromatic carbocycles. The minimum Gasteiger partial charge on any atom is -0.350 e. The lowest BCUT2D eigenvalue weighted by Crippen LogP contribution is -2.56. The fraction of sp³-hybridized carbons (Fsp3) is 0.938. The van der Waals surface area contributed by atoms with E-state index in [1.807, 2.05) is 20.8 Å². The molecule has 2 heterocycles. The Balaban J connectivity index is 1.98. The summed E-state index contributed by atoms with van der Waals surface area (Å²) in [6, 6.07) is 1.86. The molecule has 2 aliphatic rings. The molecule has 2 aliphatic heterocycles. The van der Waals surface area contributed by atoms with Gasteiger partial charge in [0.2, 0.25) is 5.91 Å². The first-order chi connectivity index (χ1) is 9.30. The number of rotatable bonds is 4. The Morgan fingerprint density at radius 2 is 1.85 bits per heavy atom. The standard InChI is InChI=1S/C16H31N3O/c1-6-19(11(2)15(20)18-16(3,4)5)14-9-12-7-8-13(10-14)17-12/h11-14,17H,6-10H2,1-5H3,(H,18,20). The van der Waals surface area contributed by atoms with Crippen LogP contribution in [0.1, 0.15) is 60.3 Å². The van der Waals surface area contributed by atoms with E-state index in [1.54, 1.807) is 0 Å². The summed E-state index contributed by atoms with van der Waals surface area (Å²) >= 11 is 0. The molecule has 4 nitrogen and oxygen atoms in total. The van der Waals surface area contributed by atoms with Crippen molar-refractivity contribution in [2.75, 3.05) is 6.54 Å². The van der Waals surface area contributed by atoms with Crippen molar-refractivity contribution in [3.8, 4) is 0 Å². The van der Waals surface area contributed by atoms with Gasteiger partial charge in [0, 0.05) is 23.7 Å². The predicted octanol–water partition coefficient (Wildman–Crippen LogP) is 1.89. The zero-order valence-electron chi connectivity index (χ0n) is 13.7. The molecular weight excluding hydrogens is 250 g/mol. The molecule has 4 heteroatoms. The smallest absolute Gasteiger partial charge is 0.237 e. The van der Waals surface area contributed by atoms with E-state index in [9.17, 15) is 4.79 Å². The van der Waals surface area contributed by atoms with Crippen molar-refractivity contribution in [1.29, 1.82) is 0 Å². The van der Waals surface area contributed by atoms with E-state index in [0.717, 1.165) is 6.54 Å². The van der Waals surface area contributed by atoms with Crippen molar-refractivity contribution >= 4 is 5.91 Å². The lowest BCUT2D eigenvalue weighted by Gasteiger charge is -2.40. The predicted molar refractivity (Wildman–Crippen MR) is 82.7 cm³/mol. The number of amides is 1. The third-order valence-electron chi connectivity index (χ3n) is 4.66. The topological polar surface area (TPSA) is 44.4 Å². The average Bonchev–Trinajstić information content (AvgIpc) is 2.67. The maximum atomic E-state index is 12.4. The maximum absolute atomic E-state index is 12.4. The van der Waals surface area contributed by atoms with Gasteiger partial charge < -0.3 is 10.6 Å². The first-order valence-corrected chi connectivity index (χ1v) is 8.14. The number of carbonyl (C=O) groups excluding carboxylic acids is 1. The van der Waals surface area contributed by atoms with Gasteiger partial charge in [0.05, 0.1) is 6.04 Å². The van der Waals surface area contributed by atoms with E-state index in [4.69, 9.17) is 0 Å². The zero-order valence-corrected chi connectivity index (χ0v) is 13.7. The molecule has 1 amide bonds. The van der Waals surface area contributed by atoms with Gasteiger partial charge in [-0.25, -0.2) is 0 Å². The molecule has 0 aliphatic carbocycles. The van der Waals surface area contributed by atoms with Crippen LogP contribution in [0.3, 0.4) is 0 Å². The van der Waals surface area contributed by atoms with Crippen molar-refractivity contribution in [1.82, 2.24) is 15.5 Å². The normalized spacial score (nSPS) is 31.4. The molecule has 0 radical (unpaired) electrons. The number of nitrogens with one attached hydrogen (secondary N) is 2. The fourth-order valence-corrected chi connectivity index (χ4v) is 3.77. The lowest BCUT2D eigenvalue weighted by molar-refractivity contribution is -0.128. The van der Waals surface area contributed by atoms with Crippen LogP contribution in [-0.4, -0.2) is 47.1 Å². The highest BCUT2D eigenvalue weighted by Crippen LogP contribution is 2.30. The summed E-state index contributed by atoms with van der Waals surface area (Å²) in [5.41, 5.74) is -0.155. The number of fused-ring (bicyclic) bond motifs is 2. The quantitative estimate of drug-likeness (QED) is 0.827. The average molecular weight is 281 g/mol. The van der Waals surface area contributed by atoms with E-state index in [2.05, 4.69) is 29.4 Å². The van der Waals surface area contributed by atoms with Crippen LogP contribution in [0, 0.1) is 0 Å². The molecular formula is C16H31N3O. The molecule has 116 valence electrons. The summed E-state index contributed by atoms with van der Waals surface area (Å²) in [6.07, 6.45) is 5.00. The summed E-state index contributed by atoms with van der Waals surface area (Å²) in [6.45, 7) is 11.3. The van der Waals surface area contributed by atoms with E-state index in [1.165, 1.54) is 25.7 Å². The number of hydrogen-bond donors (Lipinski definition) is 2. The third kappa shape index (κ3) is 3.73. The van der Waals surface area contributed by atoms with Gasteiger partial charge in [-0.1, -0.05) is 6.92 Å². The van der Waals surface area contributed by atoms with Gasteiger partial charge in [0.15, 0.2) is 0 Å². The molecule has 3 unspecified atom stereocenters. The monoisotopic (exact) mass is 281 g/mol. The maximum Gasteiger partial charge on any atom is 0.237 e. The van der Waals surface area contributed by atoms with Crippen LogP contribution in [-0.2, 0) is 4.79 Å². The summed E-state index contributed by atoms with van der Waals surface area (Å²) < 4.78 is 0. The first-order valence-electron chi connectivity index (χ1n) is 8.14. The van der Waals surface area contributed by atoms with Crippen molar-refractivity contribution in [2.24, 2.45) is 0 Å². The van der Waals surface area contributed by atoms with Crippen LogP contribution in [0.4, 0.5) is 0 Å². The summed E-state index contributed by atoms with van der Waals surface area (Å²) in [7, 11) is 0. The van der Waals surface area contributed by atoms with Gasteiger partial charge in [-0.2, -0.15) is 0 Å². The van der Waals surface area contributed by atoms with Crippen LogP contribution in [0.25, 0.3) is 0 Å². The molecule has 0 aromatic rings. The third-order valence-corrected chi connectivity index (χ3v) is 4.66. The highest BCUT2D eigenvalue weighted by atomic mass is 16.2. The van der Waals surface area contributed by atoms with Gasteiger partial charge >= 0.3 is 0 Å². The van der Waals surface area contributed by atoms with E-state index in [0.29, 0.717) is 18.1 Å². The molecule has 2 rings (SSSR count). The molecule has 2 N–H and O–H groups in total. The minimum absolute atomic E-state index is 0.0401. The first kappa shape index (κ1) is 15.8. The van der Waals surface area contributed by atoms with Gasteiger partial charge in [0.1, 0.15) is 0 Å². The molecule has 0 spiro atoms. The highest BCUT2D eigenvalue weighted by Gasteiger charge is 2.38. The Hall–Kier alpha value is -0.610. The number of hydrogen-bond acceptors (Lipinski definition) is 3. The van der Waals surface area contributed by atoms with Gasteiger partial charge in [-0.05, 0) is 59.9 Å². The number of piperidine rings is 1.